The minimum Gasteiger partial charge on any atom is -0.379 e. The van der Waals surface area contributed by atoms with E-state index in [9.17, 15) is 0 Å². The summed E-state index contributed by atoms with van der Waals surface area (Å²) in [5.74, 6) is 0. The molecule has 3 heteroatoms. The standard InChI is InChI=1S/C14H29NO2/c1-3-5-8-14(17-12-11-16-4-2)13-15-9-6-7-10-15/h14H,3-13H2,1-2H3. The van der Waals surface area contributed by atoms with Crippen molar-refractivity contribution in [3.8, 4) is 0 Å². The summed E-state index contributed by atoms with van der Waals surface area (Å²) in [6, 6.07) is 0. The zero-order valence-electron chi connectivity index (χ0n) is 11.6. The topological polar surface area (TPSA) is 21.7 Å². The van der Waals surface area contributed by atoms with Gasteiger partial charge >= 0.3 is 0 Å². The van der Waals surface area contributed by atoms with Crippen molar-refractivity contribution >= 4 is 0 Å². The molecule has 0 amide bonds. The van der Waals surface area contributed by atoms with Gasteiger partial charge in [-0.05, 0) is 39.3 Å². The maximum Gasteiger partial charge on any atom is 0.0704 e. The highest BCUT2D eigenvalue weighted by Gasteiger charge is 2.17. The number of nitrogens with zero attached hydrogens (tertiary/aromatic N) is 1. The van der Waals surface area contributed by atoms with Crippen LogP contribution in [0.15, 0.2) is 0 Å². The first-order valence-corrected chi connectivity index (χ1v) is 7.28. The summed E-state index contributed by atoms with van der Waals surface area (Å²) in [5, 5.41) is 0. The number of ether oxygens (including phenoxy) is 2. The van der Waals surface area contributed by atoms with Crippen LogP contribution in [0.1, 0.15) is 46.0 Å². The number of hydrogen-bond acceptors (Lipinski definition) is 3. The van der Waals surface area contributed by atoms with Crippen molar-refractivity contribution in [2.24, 2.45) is 0 Å². The zero-order chi connectivity index (χ0) is 12.3. The van der Waals surface area contributed by atoms with Crippen LogP contribution in [0.2, 0.25) is 0 Å². The average molecular weight is 243 g/mol. The van der Waals surface area contributed by atoms with Crippen LogP contribution in [0, 0.1) is 0 Å². The molecular weight excluding hydrogens is 214 g/mol. The third kappa shape index (κ3) is 7.02. The minimum atomic E-state index is 0.411. The molecule has 0 aromatic heterocycles. The lowest BCUT2D eigenvalue weighted by Gasteiger charge is -2.23. The molecule has 17 heavy (non-hydrogen) atoms. The molecule has 0 radical (unpaired) electrons. The summed E-state index contributed by atoms with van der Waals surface area (Å²) in [6.07, 6.45) is 6.85. The van der Waals surface area contributed by atoms with Crippen LogP contribution in [-0.4, -0.2) is 50.5 Å². The highest BCUT2D eigenvalue weighted by atomic mass is 16.5. The Balaban J connectivity index is 2.16. The van der Waals surface area contributed by atoms with E-state index in [1.54, 1.807) is 0 Å². The van der Waals surface area contributed by atoms with Gasteiger partial charge in [0.25, 0.3) is 0 Å². The van der Waals surface area contributed by atoms with E-state index in [1.165, 1.54) is 45.2 Å². The van der Waals surface area contributed by atoms with Crippen LogP contribution >= 0.6 is 0 Å². The van der Waals surface area contributed by atoms with Crippen LogP contribution in [0.5, 0.6) is 0 Å². The smallest absolute Gasteiger partial charge is 0.0704 e. The summed E-state index contributed by atoms with van der Waals surface area (Å²) >= 11 is 0. The molecule has 1 aliphatic heterocycles. The molecule has 0 saturated carbocycles. The van der Waals surface area contributed by atoms with E-state index in [4.69, 9.17) is 9.47 Å². The van der Waals surface area contributed by atoms with Gasteiger partial charge in [-0.2, -0.15) is 0 Å². The first kappa shape index (κ1) is 14.9. The lowest BCUT2D eigenvalue weighted by Crippen LogP contribution is -2.32. The molecule has 1 aliphatic rings. The van der Waals surface area contributed by atoms with Crippen LogP contribution in [0.4, 0.5) is 0 Å². The Morgan fingerprint density at radius 2 is 1.88 bits per heavy atom. The molecule has 1 unspecified atom stereocenters. The lowest BCUT2D eigenvalue weighted by molar-refractivity contribution is -0.00967. The SMILES string of the molecule is CCCCC(CN1CCCC1)OCCOCC. The summed E-state index contributed by atoms with van der Waals surface area (Å²) in [7, 11) is 0. The molecule has 1 fully saturated rings. The predicted octanol–water partition coefficient (Wildman–Crippen LogP) is 2.69. The van der Waals surface area contributed by atoms with Gasteiger partial charge in [-0.1, -0.05) is 19.8 Å². The van der Waals surface area contributed by atoms with Crippen molar-refractivity contribution in [3.05, 3.63) is 0 Å². The van der Waals surface area contributed by atoms with E-state index in [0.717, 1.165) is 26.4 Å². The molecule has 0 aromatic carbocycles. The Morgan fingerprint density at radius 1 is 1.12 bits per heavy atom. The molecule has 1 rings (SSSR count). The van der Waals surface area contributed by atoms with E-state index in [0.29, 0.717) is 6.10 Å². The largest absolute Gasteiger partial charge is 0.379 e. The van der Waals surface area contributed by atoms with Gasteiger partial charge in [-0.3, -0.25) is 0 Å². The molecule has 0 aliphatic carbocycles. The summed E-state index contributed by atoms with van der Waals surface area (Å²) in [4.78, 5) is 2.54. The second-order valence-corrected chi connectivity index (χ2v) is 4.84. The van der Waals surface area contributed by atoms with Gasteiger partial charge < -0.3 is 14.4 Å². The molecule has 0 bridgehead atoms. The van der Waals surface area contributed by atoms with Crippen LogP contribution in [0.25, 0.3) is 0 Å². The maximum atomic E-state index is 5.94. The van der Waals surface area contributed by atoms with Crippen molar-refractivity contribution in [3.63, 3.8) is 0 Å². The quantitative estimate of drug-likeness (QED) is 0.551. The van der Waals surface area contributed by atoms with Crippen molar-refractivity contribution in [1.82, 2.24) is 4.90 Å². The Bertz CT molecular complexity index is 170. The van der Waals surface area contributed by atoms with E-state index in [1.807, 2.05) is 6.92 Å². The van der Waals surface area contributed by atoms with Crippen molar-refractivity contribution in [2.45, 2.75) is 52.1 Å². The van der Waals surface area contributed by atoms with E-state index in [2.05, 4.69) is 11.8 Å². The van der Waals surface area contributed by atoms with Gasteiger partial charge in [-0.25, -0.2) is 0 Å². The van der Waals surface area contributed by atoms with Crippen molar-refractivity contribution in [1.29, 1.82) is 0 Å². The number of likely N-dealkylation sites (tertiary alicyclic amines) is 1. The summed E-state index contributed by atoms with van der Waals surface area (Å²) in [5.41, 5.74) is 0. The van der Waals surface area contributed by atoms with Crippen LogP contribution in [0.3, 0.4) is 0 Å². The first-order chi connectivity index (χ1) is 8.36. The Hall–Kier alpha value is -0.120. The van der Waals surface area contributed by atoms with Gasteiger partial charge in [0.05, 0.1) is 19.3 Å². The third-order valence-corrected chi connectivity index (χ3v) is 3.33. The maximum absolute atomic E-state index is 5.94. The van der Waals surface area contributed by atoms with E-state index >= 15 is 0 Å². The minimum absolute atomic E-state index is 0.411. The summed E-state index contributed by atoms with van der Waals surface area (Å²) < 4.78 is 11.3. The molecule has 3 nitrogen and oxygen atoms in total. The summed E-state index contributed by atoms with van der Waals surface area (Å²) in [6.45, 7) is 10.2. The lowest BCUT2D eigenvalue weighted by atomic mass is 10.1. The highest BCUT2D eigenvalue weighted by Crippen LogP contribution is 2.12. The molecule has 0 spiro atoms. The normalized spacial score (nSPS) is 18.7. The molecule has 102 valence electrons. The number of rotatable bonds is 10. The fraction of sp³-hybridized carbons (Fsp3) is 1.00. The second-order valence-electron chi connectivity index (χ2n) is 4.84. The fourth-order valence-corrected chi connectivity index (χ4v) is 2.33. The fourth-order valence-electron chi connectivity index (χ4n) is 2.33. The molecule has 1 heterocycles. The zero-order valence-corrected chi connectivity index (χ0v) is 11.6. The van der Waals surface area contributed by atoms with E-state index in [-0.39, 0.29) is 0 Å². The monoisotopic (exact) mass is 243 g/mol. The van der Waals surface area contributed by atoms with Crippen molar-refractivity contribution in [2.75, 3.05) is 39.5 Å². The Labute approximate surface area is 106 Å². The Morgan fingerprint density at radius 3 is 2.53 bits per heavy atom. The van der Waals surface area contributed by atoms with Gasteiger partial charge in [0.15, 0.2) is 0 Å². The predicted molar refractivity (Wildman–Crippen MR) is 71.4 cm³/mol. The molecule has 1 saturated heterocycles. The highest BCUT2D eigenvalue weighted by molar-refractivity contribution is 4.71. The van der Waals surface area contributed by atoms with Gasteiger partial charge in [0.2, 0.25) is 0 Å². The molecular formula is C14H29NO2. The molecule has 0 aromatic rings. The molecule has 1 atom stereocenters. The average Bonchev–Trinajstić information content (AvgIpc) is 2.84. The molecule has 0 N–H and O–H groups in total. The van der Waals surface area contributed by atoms with E-state index < -0.39 is 0 Å². The first-order valence-electron chi connectivity index (χ1n) is 7.28. The number of unbranched alkanes of at least 4 members (excludes halogenated alkanes) is 1. The second kappa shape index (κ2) is 9.86. The van der Waals surface area contributed by atoms with Crippen LogP contribution < -0.4 is 0 Å². The Kier molecular flexibility index (Phi) is 8.67. The van der Waals surface area contributed by atoms with Gasteiger partial charge in [-0.15, -0.1) is 0 Å². The van der Waals surface area contributed by atoms with Gasteiger partial charge in [0.1, 0.15) is 0 Å². The number of hydrogen-bond donors (Lipinski definition) is 0. The van der Waals surface area contributed by atoms with Gasteiger partial charge in [0, 0.05) is 13.2 Å². The third-order valence-electron chi connectivity index (χ3n) is 3.33. The van der Waals surface area contributed by atoms with Crippen molar-refractivity contribution < 1.29 is 9.47 Å². The van der Waals surface area contributed by atoms with Crippen LogP contribution in [-0.2, 0) is 9.47 Å².